The average molecular weight is 395 g/mol. The van der Waals surface area contributed by atoms with Gasteiger partial charge < -0.3 is 21.1 Å². The van der Waals surface area contributed by atoms with Gasteiger partial charge in [0.15, 0.2) is 12.6 Å². The summed E-state index contributed by atoms with van der Waals surface area (Å²) in [6.45, 7) is 4.97. The lowest BCUT2D eigenvalue weighted by Crippen LogP contribution is -2.30. The van der Waals surface area contributed by atoms with Gasteiger partial charge in [0.05, 0.1) is 0 Å². The van der Waals surface area contributed by atoms with Crippen LogP contribution in [-0.4, -0.2) is 31.1 Å². The first-order valence-corrected chi connectivity index (χ1v) is 10.2. The van der Waals surface area contributed by atoms with Gasteiger partial charge in [-0.3, -0.25) is 9.79 Å². The number of amides is 1. The van der Waals surface area contributed by atoms with Gasteiger partial charge in [-0.1, -0.05) is 38.1 Å². The third kappa shape index (κ3) is 7.14. The van der Waals surface area contributed by atoms with E-state index in [9.17, 15) is 4.79 Å². The van der Waals surface area contributed by atoms with Gasteiger partial charge in [0.25, 0.3) is 5.91 Å². The van der Waals surface area contributed by atoms with Crippen molar-refractivity contribution >= 4 is 17.6 Å². The first kappa shape index (κ1) is 20.7. The van der Waals surface area contributed by atoms with Crippen molar-refractivity contribution in [1.82, 2.24) is 5.32 Å². The zero-order chi connectivity index (χ0) is 20.6. The van der Waals surface area contributed by atoms with E-state index in [1.54, 1.807) is 0 Å². The quantitative estimate of drug-likeness (QED) is 0.449. The summed E-state index contributed by atoms with van der Waals surface area (Å²) in [5, 5.41) is 6.05. The predicted octanol–water partition coefficient (Wildman–Crippen LogP) is 3.44. The van der Waals surface area contributed by atoms with Crippen molar-refractivity contribution in [2.24, 2.45) is 10.7 Å². The van der Waals surface area contributed by atoms with Gasteiger partial charge >= 0.3 is 0 Å². The van der Waals surface area contributed by atoms with E-state index in [1.165, 1.54) is 5.56 Å². The van der Waals surface area contributed by atoms with Crippen LogP contribution >= 0.6 is 0 Å². The maximum Gasteiger partial charge on any atom is 0.258 e. The first-order valence-electron chi connectivity index (χ1n) is 10.2. The highest BCUT2D eigenvalue weighted by molar-refractivity contribution is 5.92. The second-order valence-corrected chi connectivity index (χ2v) is 7.70. The Morgan fingerprint density at radius 2 is 1.97 bits per heavy atom. The molecule has 6 nitrogen and oxygen atoms in total. The van der Waals surface area contributed by atoms with Crippen molar-refractivity contribution in [2.45, 2.75) is 45.1 Å². The third-order valence-corrected chi connectivity index (χ3v) is 4.74. The molecule has 0 spiro atoms. The normalized spacial score (nSPS) is 14.0. The fourth-order valence-electron chi connectivity index (χ4n) is 2.87. The molecule has 1 aliphatic rings. The number of hydrogen-bond acceptors (Lipinski definition) is 3. The molecule has 0 aliphatic heterocycles. The van der Waals surface area contributed by atoms with E-state index in [0.29, 0.717) is 30.2 Å². The lowest BCUT2D eigenvalue weighted by atomic mass is 10.0. The highest BCUT2D eigenvalue weighted by atomic mass is 16.5. The number of nitrogens with one attached hydrogen (secondary N) is 2. The summed E-state index contributed by atoms with van der Waals surface area (Å²) >= 11 is 0. The van der Waals surface area contributed by atoms with Crippen LogP contribution in [0.1, 0.15) is 43.7 Å². The Bertz CT molecular complexity index is 842. The van der Waals surface area contributed by atoms with Crippen molar-refractivity contribution in [2.75, 3.05) is 18.5 Å². The van der Waals surface area contributed by atoms with E-state index in [-0.39, 0.29) is 12.5 Å². The summed E-state index contributed by atoms with van der Waals surface area (Å²) in [5.74, 6) is 1.50. The summed E-state index contributed by atoms with van der Waals surface area (Å²) < 4.78 is 5.52. The van der Waals surface area contributed by atoms with Crippen LogP contribution in [0.5, 0.6) is 5.75 Å². The minimum Gasteiger partial charge on any atom is -0.484 e. The SMILES string of the molecule is CC(C)c1cccc(NC(N)=NCCc2ccc(OCC(=O)NC3CC3)cc2)c1. The molecular weight excluding hydrogens is 364 g/mol. The van der Waals surface area contributed by atoms with Gasteiger partial charge in [0.2, 0.25) is 0 Å². The van der Waals surface area contributed by atoms with Gasteiger partial charge in [-0.15, -0.1) is 0 Å². The van der Waals surface area contributed by atoms with Gasteiger partial charge in [0.1, 0.15) is 5.75 Å². The number of rotatable bonds is 9. The first-order chi connectivity index (χ1) is 14.0. The number of anilines is 1. The lowest BCUT2D eigenvalue weighted by Gasteiger charge is -2.10. The van der Waals surface area contributed by atoms with E-state index in [4.69, 9.17) is 10.5 Å². The molecule has 0 saturated heterocycles. The van der Waals surface area contributed by atoms with Crippen molar-refractivity contribution in [1.29, 1.82) is 0 Å². The maximum atomic E-state index is 11.7. The Balaban J connectivity index is 1.42. The number of aliphatic imine (C=N–C) groups is 1. The molecule has 3 rings (SSSR count). The molecule has 1 fully saturated rings. The van der Waals surface area contributed by atoms with Crippen molar-refractivity contribution in [3.05, 3.63) is 59.7 Å². The number of nitrogens with two attached hydrogens (primary N) is 1. The van der Waals surface area contributed by atoms with Gasteiger partial charge in [0, 0.05) is 18.3 Å². The van der Waals surface area contributed by atoms with Crippen LogP contribution in [-0.2, 0) is 11.2 Å². The minimum atomic E-state index is -0.0622. The van der Waals surface area contributed by atoms with Crippen LogP contribution in [0.3, 0.4) is 0 Å². The molecule has 6 heteroatoms. The maximum absolute atomic E-state index is 11.7. The Kier molecular flexibility index (Phi) is 7.11. The summed E-state index contributed by atoms with van der Waals surface area (Å²) in [4.78, 5) is 16.1. The number of nitrogens with zero attached hydrogens (tertiary/aromatic N) is 1. The number of guanidine groups is 1. The fourth-order valence-corrected chi connectivity index (χ4v) is 2.87. The van der Waals surface area contributed by atoms with Crippen LogP contribution in [0.15, 0.2) is 53.5 Å². The lowest BCUT2D eigenvalue weighted by molar-refractivity contribution is -0.123. The predicted molar refractivity (Wildman–Crippen MR) is 117 cm³/mol. The monoisotopic (exact) mass is 394 g/mol. The fraction of sp³-hybridized carbons (Fsp3) is 0.391. The van der Waals surface area contributed by atoms with Crippen molar-refractivity contribution in [3.63, 3.8) is 0 Å². The molecule has 1 aliphatic carbocycles. The molecule has 1 amide bonds. The second kappa shape index (κ2) is 9.96. The number of carbonyl (C=O) groups excluding carboxylic acids is 1. The van der Waals surface area contributed by atoms with E-state index in [0.717, 1.165) is 30.5 Å². The topological polar surface area (TPSA) is 88.7 Å². The Morgan fingerprint density at radius 3 is 2.66 bits per heavy atom. The zero-order valence-corrected chi connectivity index (χ0v) is 17.2. The van der Waals surface area contributed by atoms with Crippen LogP contribution in [0, 0.1) is 0 Å². The molecule has 154 valence electrons. The minimum absolute atomic E-state index is 0.0559. The van der Waals surface area contributed by atoms with Crippen LogP contribution in [0.25, 0.3) is 0 Å². The van der Waals surface area contributed by atoms with Gasteiger partial charge in [-0.25, -0.2) is 0 Å². The van der Waals surface area contributed by atoms with E-state index < -0.39 is 0 Å². The third-order valence-electron chi connectivity index (χ3n) is 4.74. The smallest absolute Gasteiger partial charge is 0.258 e. The van der Waals surface area contributed by atoms with Crippen molar-refractivity contribution in [3.8, 4) is 5.75 Å². The molecule has 0 unspecified atom stereocenters. The summed E-state index contributed by atoms with van der Waals surface area (Å²) in [6, 6.07) is 16.3. The number of ether oxygens (including phenoxy) is 1. The molecule has 0 radical (unpaired) electrons. The Hall–Kier alpha value is -3.02. The largest absolute Gasteiger partial charge is 0.484 e. The van der Waals surface area contributed by atoms with E-state index in [1.807, 2.05) is 36.4 Å². The van der Waals surface area contributed by atoms with Crippen LogP contribution in [0.2, 0.25) is 0 Å². The van der Waals surface area contributed by atoms with E-state index in [2.05, 4.69) is 41.6 Å². The molecule has 1 saturated carbocycles. The molecule has 2 aromatic rings. The summed E-state index contributed by atoms with van der Waals surface area (Å²) in [7, 11) is 0. The molecule has 0 atom stereocenters. The molecule has 2 aromatic carbocycles. The molecule has 4 N–H and O–H groups in total. The van der Waals surface area contributed by atoms with Crippen LogP contribution in [0.4, 0.5) is 5.69 Å². The molecule has 29 heavy (non-hydrogen) atoms. The number of benzene rings is 2. The van der Waals surface area contributed by atoms with Crippen LogP contribution < -0.4 is 21.1 Å². The molecule has 0 bridgehead atoms. The molecule has 0 heterocycles. The zero-order valence-electron chi connectivity index (χ0n) is 17.2. The van der Waals surface area contributed by atoms with Gasteiger partial charge in [-0.2, -0.15) is 0 Å². The number of hydrogen-bond donors (Lipinski definition) is 3. The van der Waals surface area contributed by atoms with Gasteiger partial charge in [-0.05, 0) is 60.6 Å². The molecular formula is C23H30N4O2. The average Bonchev–Trinajstić information content (AvgIpc) is 3.51. The summed E-state index contributed by atoms with van der Waals surface area (Å²) in [6.07, 6.45) is 2.93. The van der Waals surface area contributed by atoms with Crippen molar-refractivity contribution < 1.29 is 9.53 Å². The van der Waals surface area contributed by atoms with E-state index >= 15 is 0 Å². The highest BCUT2D eigenvalue weighted by Gasteiger charge is 2.23. The Morgan fingerprint density at radius 1 is 1.21 bits per heavy atom. The standard InChI is InChI=1S/C23H30N4O2/c1-16(2)18-4-3-5-20(14-18)27-23(24)25-13-12-17-6-10-21(11-7-17)29-15-22(28)26-19-8-9-19/h3-7,10-11,14,16,19H,8-9,12-13,15H2,1-2H3,(H,26,28)(H3,24,25,27). The molecule has 0 aromatic heterocycles. The summed E-state index contributed by atoms with van der Waals surface area (Å²) in [5.41, 5.74) is 9.35. The highest BCUT2D eigenvalue weighted by Crippen LogP contribution is 2.19. The second-order valence-electron chi connectivity index (χ2n) is 7.70. The number of carbonyl (C=O) groups is 1. The Labute approximate surface area is 172 Å².